The van der Waals surface area contributed by atoms with Crippen LogP contribution in [0.1, 0.15) is 42.4 Å². The standard InChI is InChI=1S/C18H23NOS/c1-2-10-19-12-16-7-8-17(20-16)13-21-18-9-6-14-4-3-5-15(14)11-18/h6-9,11,19H,2-5,10,12-13H2,1H3. The molecule has 1 heterocycles. The highest BCUT2D eigenvalue weighted by Crippen LogP contribution is 2.29. The third-order valence-corrected chi connectivity index (χ3v) is 4.91. The SMILES string of the molecule is CCCNCc1ccc(CSc2ccc3c(c2)CCC3)o1. The van der Waals surface area contributed by atoms with Crippen LogP contribution in [-0.2, 0) is 25.1 Å². The summed E-state index contributed by atoms with van der Waals surface area (Å²) in [5, 5.41) is 3.37. The van der Waals surface area contributed by atoms with Crippen LogP contribution in [0.5, 0.6) is 0 Å². The second kappa shape index (κ2) is 7.19. The maximum atomic E-state index is 5.86. The fourth-order valence-corrected chi connectivity index (χ4v) is 3.63. The molecule has 1 aromatic heterocycles. The van der Waals surface area contributed by atoms with Gasteiger partial charge < -0.3 is 9.73 Å². The Kier molecular flexibility index (Phi) is 5.04. The van der Waals surface area contributed by atoms with Crippen molar-refractivity contribution in [1.82, 2.24) is 5.32 Å². The van der Waals surface area contributed by atoms with E-state index in [1.807, 2.05) is 11.8 Å². The number of rotatable bonds is 7. The zero-order valence-corrected chi connectivity index (χ0v) is 13.5. The lowest BCUT2D eigenvalue weighted by Crippen LogP contribution is -2.12. The van der Waals surface area contributed by atoms with Crippen LogP contribution >= 0.6 is 11.8 Å². The highest BCUT2D eigenvalue weighted by molar-refractivity contribution is 7.98. The van der Waals surface area contributed by atoms with Crippen LogP contribution in [-0.4, -0.2) is 6.54 Å². The Hall–Kier alpha value is -1.19. The summed E-state index contributed by atoms with van der Waals surface area (Å²) in [4.78, 5) is 1.36. The van der Waals surface area contributed by atoms with Crippen molar-refractivity contribution in [2.45, 2.75) is 49.8 Å². The molecule has 1 aromatic carbocycles. The van der Waals surface area contributed by atoms with Crippen molar-refractivity contribution < 1.29 is 4.42 Å². The Bertz CT molecular complexity index is 591. The van der Waals surface area contributed by atoms with Gasteiger partial charge in [0, 0.05) is 4.90 Å². The summed E-state index contributed by atoms with van der Waals surface area (Å²) in [5.74, 6) is 3.01. The molecule has 3 rings (SSSR count). The molecule has 0 atom stereocenters. The van der Waals surface area contributed by atoms with Gasteiger partial charge in [0.15, 0.2) is 0 Å². The average molecular weight is 301 g/mol. The Balaban J connectivity index is 1.53. The summed E-state index contributed by atoms with van der Waals surface area (Å²) in [6.45, 7) is 4.05. The zero-order valence-electron chi connectivity index (χ0n) is 12.7. The summed E-state index contributed by atoms with van der Waals surface area (Å²) in [6.07, 6.45) is 4.97. The quantitative estimate of drug-likeness (QED) is 0.599. The molecule has 21 heavy (non-hydrogen) atoms. The van der Waals surface area contributed by atoms with E-state index in [1.165, 1.54) is 24.2 Å². The molecule has 0 spiro atoms. The molecule has 1 aliphatic carbocycles. The molecular formula is C18H23NOS. The molecule has 3 heteroatoms. The molecule has 0 amide bonds. The Morgan fingerprint density at radius 3 is 2.86 bits per heavy atom. The summed E-state index contributed by atoms with van der Waals surface area (Å²) in [5.41, 5.74) is 3.09. The lowest BCUT2D eigenvalue weighted by molar-refractivity contribution is 0.459. The Morgan fingerprint density at radius 1 is 1.10 bits per heavy atom. The minimum absolute atomic E-state index is 0.831. The van der Waals surface area contributed by atoms with Crippen molar-refractivity contribution in [2.75, 3.05) is 6.54 Å². The number of hydrogen-bond acceptors (Lipinski definition) is 3. The maximum absolute atomic E-state index is 5.86. The van der Waals surface area contributed by atoms with E-state index in [4.69, 9.17) is 4.42 Å². The molecular weight excluding hydrogens is 278 g/mol. The molecule has 0 unspecified atom stereocenters. The third kappa shape index (κ3) is 3.92. The predicted molar refractivity (Wildman–Crippen MR) is 88.7 cm³/mol. The van der Waals surface area contributed by atoms with E-state index in [-0.39, 0.29) is 0 Å². The first-order valence-electron chi connectivity index (χ1n) is 7.88. The second-order valence-corrected chi connectivity index (χ2v) is 6.67. The fraction of sp³-hybridized carbons (Fsp3) is 0.444. The summed E-state index contributed by atoms with van der Waals surface area (Å²) in [6, 6.07) is 11.1. The van der Waals surface area contributed by atoms with Gasteiger partial charge in [0.1, 0.15) is 11.5 Å². The van der Waals surface area contributed by atoms with Crippen molar-refractivity contribution in [1.29, 1.82) is 0 Å². The molecule has 0 aliphatic heterocycles. The molecule has 0 radical (unpaired) electrons. The first-order valence-corrected chi connectivity index (χ1v) is 8.86. The summed E-state index contributed by atoms with van der Waals surface area (Å²) >= 11 is 1.87. The number of nitrogens with one attached hydrogen (secondary N) is 1. The first-order chi connectivity index (χ1) is 10.3. The average Bonchev–Trinajstić information content (AvgIpc) is 3.13. The van der Waals surface area contributed by atoms with Gasteiger partial charge >= 0.3 is 0 Å². The van der Waals surface area contributed by atoms with Gasteiger partial charge in [-0.1, -0.05) is 13.0 Å². The van der Waals surface area contributed by atoms with Crippen LogP contribution in [0.15, 0.2) is 39.6 Å². The van der Waals surface area contributed by atoms with E-state index >= 15 is 0 Å². The highest BCUT2D eigenvalue weighted by Gasteiger charge is 2.11. The molecule has 0 fully saturated rings. The van der Waals surface area contributed by atoms with Crippen LogP contribution in [0, 0.1) is 0 Å². The van der Waals surface area contributed by atoms with E-state index < -0.39 is 0 Å². The third-order valence-electron chi connectivity index (χ3n) is 3.89. The van der Waals surface area contributed by atoms with E-state index in [2.05, 4.69) is 42.6 Å². The normalized spacial score (nSPS) is 13.6. The molecule has 0 saturated carbocycles. The van der Waals surface area contributed by atoms with Crippen LogP contribution in [0.3, 0.4) is 0 Å². The van der Waals surface area contributed by atoms with Crippen molar-refractivity contribution in [3.8, 4) is 0 Å². The van der Waals surface area contributed by atoms with Crippen molar-refractivity contribution >= 4 is 11.8 Å². The maximum Gasteiger partial charge on any atom is 0.118 e. The van der Waals surface area contributed by atoms with E-state index in [9.17, 15) is 0 Å². The van der Waals surface area contributed by atoms with Crippen LogP contribution in [0.4, 0.5) is 0 Å². The smallest absolute Gasteiger partial charge is 0.118 e. The van der Waals surface area contributed by atoms with Gasteiger partial charge in [-0.05, 0) is 67.6 Å². The number of thioether (sulfide) groups is 1. The molecule has 1 N–H and O–H groups in total. The summed E-state index contributed by atoms with van der Waals surface area (Å²) in [7, 11) is 0. The largest absolute Gasteiger partial charge is 0.464 e. The monoisotopic (exact) mass is 301 g/mol. The van der Waals surface area contributed by atoms with Crippen molar-refractivity contribution in [3.05, 3.63) is 53.0 Å². The van der Waals surface area contributed by atoms with Gasteiger partial charge in [-0.3, -0.25) is 0 Å². The van der Waals surface area contributed by atoms with E-state index in [0.717, 1.165) is 36.8 Å². The molecule has 1 aliphatic rings. The lowest BCUT2D eigenvalue weighted by atomic mass is 10.1. The van der Waals surface area contributed by atoms with E-state index in [0.29, 0.717) is 0 Å². The number of furan rings is 1. The minimum Gasteiger partial charge on any atom is -0.464 e. The van der Waals surface area contributed by atoms with Gasteiger partial charge in [-0.15, -0.1) is 11.8 Å². The van der Waals surface area contributed by atoms with Gasteiger partial charge in [-0.2, -0.15) is 0 Å². The topological polar surface area (TPSA) is 25.2 Å². The highest BCUT2D eigenvalue weighted by atomic mass is 32.2. The zero-order chi connectivity index (χ0) is 14.5. The molecule has 0 saturated heterocycles. The number of hydrogen-bond donors (Lipinski definition) is 1. The number of aryl methyl sites for hydroxylation is 2. The van der Waals surface area contributed by atoms with Crippen LogP contribution in [0.2, 0.25) is 0 Å². The van der Waals surface area contributed by atoms with Crippen LogP contribution < -0.4 is 5.32 Å². The van der Waals surface area contributed by atoms with Gasteiger partial charge in [0.2, 0.25) is 0 Å². The molecule has 2 aromatic rings. The minimum atomic E-state index is 0.831. The number of benzene rings is 1. The van der Waals surface area contributed by atoms with Crippen molar-refractivity contribution in [3.63, 3.8) is 0 Å². The first kappa shape index (κ1) is 14.7. The van der Waals surface area contributed by atoms with Gasteiger partial charge in [0.05, 0.1) is 12.3 Å². The van der Waals surface area contributed by atoms with E-state index in [1.54, 1.807) is 11.1 Å². The van der Waals surface area contributed by atoms with Gasteiger partial charge in [0.25, 0.3) is 0 Å². The van der Waals surface area contributed by atoms with Crippen molar-refractivity contribution in [2.24, 2.45) is 0 Å². The van der Waals surface area contributed by atoms with Crippen LogP contribution in [0.25, 0.3) is 0 Å². The fourth-order valence-electron chi connectivity index (χ4n) is 2.78. The predicted octanol–water partition coefficient (Wildman–Crippen LogP) is 4.56. The Morgan fingerprint density at radius 2 is 1.95 bits per heavy atom. The molecule has 112 valence electrons. The van der Waals surface area contributed by atoms with Gasteiger partial charge in [-0.25, -0.2) is 0 Å². The molecule has 2 nitrogen and oxygen atoms in total. The lowest BCUT2D eigenvalue weighted by Gasteiger charge is -2.04. The second-order valence-electron chi connectivity index (χ2n) is 5.62. The molecule has 0 bridgehead atoms. The Labute approximate surface area is 131 Å². The number of fused-ring (bicyclic) bond motifs is 1. The summed E-state index contributed by atoms with van der Waals surface area (Å²) < 4.78 is 5.86.